The summed E-state index contributed by atoms with van der Waals surface area (Å²) in [6.07, 6.45) is 2.49. The molecule has 0 radical (unpaired) electrons. The van der Waals surface area contributed by atoms with E-state index < -0.39 is 21.7 Å². The number of rotatable bonds is 6. The molecule has 0 atom stereocenters. The molecule has 2 heterocycles. The van der Waals surface area contributed by atoms with Crippen molar-refractivity contribution in [3.63, 3.8) is 0 Å². The van der Waals surface area contributed by atoms with Crippen LogP contribution in [0.1, 0.15) is 26.4 Å². The molecule has 0 aliphatic heterocycles. The third kappa shape index (κ3) is 5.19. The van der Waals surface area contributed by atoms with Gasteiger partial charge in [-0.15, -0.1) is 0 Å². The van der Waals surface area contributed by atoms with Gasteiger partial charge < -0.3 is 4.74 Å². The third-order valence-electron chi connectivity index (χ3n) is 4.79. The van der Waals surface area contributed by atoms with E-state index in [1.165, 1.54) is 10.6 Å². The summed E-state index contributed by atoms with van der Waals surface area (Å²) in [5.41, 5.74) is 5.90. The monoisotopic (exact) mass is 498 g/mol. The van der Waals surface area contributed by atoms with E-state index in [0.29, 0.717) is 28.5 Å². The van der Waals surface area contributed by atoms with Crippen molar-refractivity contribution in [3.05, 3.63) is 94.8 Å². The molecule has 11 heteroatoms. The van der Waals surface area contributed by atoms with Crippen molar-refractivity contribution in [1.29, 1.82) is 0 Å². The number of carbonyl (C=O) groups is 2. The molecule has 0 saturated carbocycles. The van der Waals surface area contributed by atoms with Crippen LogP contribution in [0.3, 0.4) is 0 Å². The Morgan fingerprint density at radius 1 is 0.971 bits per heavy atom. The van der Waals surface area contributed by atoms with Gasteiger partial charge in [0.2, 0.25) is 15.0 Å². The minimum absolute atomic E-state index is 0.129. The third-order valence-corrected chi connectivity index (χ3v) is 5.99. The first-order valence-corrected chi connectivity index (χ1v) is 12.2. The maximum absolute atomic E-state index is 12.6. The summed E-state index contributed by atoms with van der Waals surface area (Å²) < 4.78 is 31.0. The number of carbonyl (C=O) groups excluding carboxylic acids is 2. The number of hydrazine groups is 1. The molecule has 0 spiro atoms. The van der Waals surface area contributed by atoms with Gasteiger partial charge in [0.1, 0.15) is 12.4 Å². The van der Waals surface area contributed by atoms with Crippen molar-refractivity contribution in [3.8, 4) is 5.75 Å². The molecule has 34 heavy (non-hydrogen) atoms. The van der Waals surface area contributed by atoms with E-state index in [4.69, 9.17) is 16.3 Å². The van der Waals surface area contributed by atoms with E-state index in [-0.39, 0.29) is 10.9 Å². The molecule has 174 valence electrons. The highest BCUT2D eigenvalue weighted by Gasteiger charge is 2.23. The molecule has 0 fully saturated rings. The maximum atomic E-state index is 12.6. The van der Waals surface area contributed by atoms with Gasteiger partial charge in [0, 0.05) is 23.0 Å². The maximum Gasteiger partial charge on any atom is 0.290 e. The van der Waals surface area contributed by atoms with E-state index in [2.05, 4.69) is 15.8 Å². The van der Waals surface area contributed by atoms with Crippen LogP contribution in [0.15, 0.2) is 78.1 Å². The molecule has 2 N–H and O–H groups in total. The lowest BCUT2D eigenvalue weighted by Crippen LogP contribution is -2.41. The molecule has 2 aromatic heterocycles. The van der Waals surface area contributed by atoms with Crippen LogP contribution in [-0.4, -0.2) is 35.9 Å². The van der Waals surface area contributed by atoms with E-state index >= 15 is 0 Å². The summed E-state index contributed by atoms with van der Waals surface area (Å²) in [5, 5.41) is 0.350. The van der Waals surface area contributed by atoms with Gasteiger partial charge in [0.25, 0.3) is 11.8 Å². The predicted molar refractivity (Wildman–Crippen MR) is 125 cm³/mol. The summed E-state index contributed by atoms with van der Waals surface area (Å²) >= 11 is 5.85. The van der Waals surface area contributed by atoms with E-state index in [1.807, 2.05) is 0 Å². The van der Waals surface area contributed by atoms with Crippen molar-refractivity contribution >= 4 is 38.8 Å². The Balaban J connectivity index is 1.39. The van der Waals surface area contributed by atoms with Crippen molar-refractivity contribution in [2.75, 3.05) is 6.26 Å². The summed E-state index contributed by atoms with van der Waals surface area (Å²) in [7, 11) is -3.68. The standard InChI is InChI=1S/C23H19ClN4O5S/c1-34(31,32)23-25-20(19-4-2-3-13-28(19)23)22(30)27-26-21(29)16-7-5-15(6-8-16)14-33-18-11-9-17(24)10-12-18/h2-13H,14H2,1H3,(H,26,29)(H,27,30). The van der Waals surface area contributed by atoms with Crippen LogP contribution >= 0.6 is 11.6 Å². The zero-order valence-electron chi connectivity index (χ0n) is 17.9. The Morgan fingerprint density at radius 3 is 2.32 bits per heavy atom. The number of amides is 2. The van der Waals surface area contributed by atoms with Gasteiger partial charge in [-0.25, -0.2) is 13.4 Å². The number of aromatic nitrogens is 2. The Kier molecular flexibility index (Phi) is 6.53. The minimum Gasteiger partial charge on any atom is -0.489 e. The van der Waals surface area contributed by atoms with Crippen LogP contribution in [0, 0.1) is 0 Å². The van der Waals surface area contributed by atoms with Crippen molar-refractivity contribution in [1.82, 2.24) is 20.2 Å². The molecule has 4 rings (SSSR count). The number of sulfone groups is 1. The van der Waals surface area contributed by atoms with Crippen molar-refractivity contribution in [2.24, 2.45) is 0 Å². The molecule has 0 bridgehead atoms. The van der Waals surface area contributed by atoms with Crippen LogP contribution in [0.25, 0.3) is 5.52 Å². The second-order valence-electron chi connectivity index (χ2n) is 7.32. The SMILES string of the molecule is CS(=O)(=O)c1nc(C(=O)NNC(=O)c2ccc(COc3ccc(Cl)cc3)cc2)c2ccccn12. The van der Waals surface area contributed by atoms with E-state index in [9.17, 15) is 18.0 Å². The molecule has 0 unspecified atom stereocenters. The Bertz CT molecular complexity index is 1470. The molecular formula is C23H19ClN4O5S. The normalized spacial score (nSPS) is 11.2. The Hall–Kier alpha value is -3.89. The average molecular weight is 499 g/mol. The molecule has 2 aromatic carbocycles. The smallest absolute Gasteiger partial charge is 0.290 e. The van der Waals surface area contributed by atoms with Gasteiger partial charge in [-0.3, -0.25) is 24.8 Å². The van der Waals surface area contributed by atoms with Gasteiger partial charge in [-0.05, 0) is 54.1 Å². The van der Waals surface area contributed by atoms with Gasteiger partial charge in [-0.2, -0.15) is 0 Å². The number of hydrogen-bond acceptors (Lipinski definition) is 6. The van der Waals surface area contributed by atoms with Crippen LogP contribution in [-0.2, 0) is 16.4 Å². The first kappa shape index (κ1) is 23.3. The number of fused-ring (bicyclic) bond motifs is 1. The number of hydrogen-bond donors (Lipinski definition) is 2. The van der Waals surface area contributed by atoms with Crippen LogP contribution in [0.2, 0.25) is 5.02 Å². The first-order valence-electron chi connectivity index (χ1n) is 9.97. The van der Waals surface area contributed by atoms with E-state index in [0.717, 1.165) is 11.8 Å². The number of imidazole rings is 1. The molecule has 9 nitrogen and oxygen atoms in total. The lowest BCUT2D eigenvalue weighted by atomic mass is 10.1. The quantitative estimate of drug-likeness (QED) is 0.394. The average Bonchev–Trinajstić information content (AvgIpc) is 3.23. The van der Waals surface area contributed by atoms with Gasteiger partial charge in [-0.1, -0.05) is 29.8 Å². The Morgan fingerprint density at radius 2 is 1.65 bits per heavy atom. The van der Waals surface area contributed by atoms with Gasteiger partial charge >= 0.3 is 0 Å². The minimum atomic E-state index is -3.68. The number of nitrogens with one attached hydrogen (secondary N) is 2. The first-order chi connectivity index (χ1) is 16.2. The fourth-order valence-corrected chi connectivity index (χ4v) is 4.03. The molecular weight excluding hydrogens is 480 g/mol. The summed E-state index contributed by atoms with van der Waals surface area (Å²) in [5.74, 6) is -0.634. The number of pyridine rings is 1. The second-order valence-corrected chi connectivity index (χ2v) is 9.66. The summed E-state index contributed by atoms with van der Waals surface area (Å²) in [6.45, 7) is 0.302. The highest BCUT2D eigenvalue weighted by Crippen LogP contribution is 2.18. The van der Waals surface area contributed by atoms with Crippen LogP contribution in [0.5, 0.6) is 5.75 Å². The lowest BCUT2D eigenvalue weighted by molar-refractivity contribution is 0.0845. The van der Waals surface area contributed by atoms with Crippen LogP contribution < -0.4 is 15.6 Å². The zero-order chi connectivity index (χ0) is 24.3. The van der Waals surface area contributed by atoms with Crippen molar-refractivity contribution < 1.29 is 22.7 Å². The molecule has 4 aromatic rings. The number of nitrogens with zero attached hydrogens (tertiary/aromatic N) is 2. The number of halogens is 1. The molecule has 0 saturated heterocycles. The largest absolute Gasteiger partial charge is 0.489 e. The number of benzene rings is 2. The van der Waals surface area contributed by atoms with Crippen LogP contribution in [0.4, 0.5) is 0 Å². The number of ether oxygens (including phenoxy) is 1. The zero-order valence-corrected chi connectivity index (χ0v) is 19.4. The molecule has 2 amide bonds. The van der Waals surface area contributed by atoms with Crippen molar-refractivity contribution in [2.45, 2.75) is 11.8 Å². The molecule has 0 aliphatic carbocycles. The molecule has 0 aliphatic rings. The van der Waals surface area contributed by atoms with Gasteiger partial charge in [0.15, 0.2) is 5.69 Å². The fourth-order valence-electron chi connectivity index (χ4n) is 3.13. The Labute approximate surface area is 200 Å². The predicted octanol–water partition coefficient (Wildman–Crippen LogP) is 3.05. The topological polar surface area (TPSA) is 119 Å². The van der Waals surface area contributed by atoms with E-state index in [1.54, 1.807) is 66.7 Å². The van der Waals surface area contributed by atoms with Gasteiger partial charge in [0.05, 0.1) is 5.52 Å². The fraction of sp³-hybridized carbons (Fsp3) is 0.0870. The summed E-state index contributed by atoms with van der Waals surface area (Å²) in [4.78, 5) is 29.0. The highest BCUT2D eigenvalue weighted by molar-refractivity contribution is 7.90. The second kappa shape index (κ2) is 9.54. The lowest BCUT2D eigenvalue weighted by Gasteiger charge is -2.08. The summed E-state index contributed by atoms with van der Waals surface area (Å²) in [6, 6.07) is 18.5. The highest BCUT2D eigenvalue weighted by atomic mass is 35.5.